The molecule has 0 amide bonds. The monoisotopic (exact) mass is 347 g/mol. The van der Waals surface area contributed by atoms with Crippen molar-refractivity contribution in [2.24, 2.45) is 0 Å². The lowest BCUT2D eigenvalue weighted by Gasteiger charge is -2.18. The number of rotatable bonds is 8. The number of ether oxygens (including phenoxy) is 1. The lowest BCUT2D eigenvalue weighted by atomic mass is 10.1. The normalized spacial score (nSPS) is 13.3. The van der Waals surface area contributed by atoms with Crippen LogP contribution >= 0.6 is 11.6 Å². The largest absolute Gasteiger partial charge is 0.462 e. The summed E-state index contributed by atoms with van der Waals surface area (Å²) in [6.07, 6.45) is -0.452. The van der Waals surface area contributed by atoms with E-state index in [1.54, 1.807) is 24.3 Å². The van der Waals surface area contributed by atoms with Gasteiger partial charge in [-0.05, 0) is 29.7 Å². The molecular formula is C19H22ClNO3. The molecule has 0 bridgehead atoms. The van der Waals surface area contributed by atoms with Crippen molar-refractivity contribution in [1.82, 2.24) is 5.32 Å². The highest BCUT2D eigenvalue weighted by Crippen LogP contribution is 2.14. The third kappa shape index (κ3) is 5.64. The topological polar surface area (TPSA) is 58.6 Å². The number of aliphatic hydroxyl groups is 1. The van der Waals surface area contributed by atoms with Gasteiger partial charge in [0.25, 0.3) is 0 Å². The van der Waals surface area contributed by atoms with Crippen molar-refractivity contribution >= 4 is 17.6 Å². The van der Waals surface area contributed by atoms with E-state index in [1.807, 2.05) is 37.3 Å². The Morgan fingerprint density at radius 1 is 1.21 bits per heavy atom. The summed E-state index contributed by atoms with van der Waals surface area (Å²) < 4.78 is 5.25. The van der Waals surface area contributed by atoms with E-state index in [-0.39, 0.29) is 12.6 Å². The molecule has 0 saturated carbocycles. The highest BCUT2D eigenvalue weighted by Gasteiger charge is 2.20. The summed E-state index contributed by atoms with van der Waals surface area (Å²) in [5.41, 5.74) is 1.60. The first kappa shape index (κ1) is 18.5. The van der Waals surface area contributed by atoms with E-state index in [1.165, 1.54) is 0 Å². The van der Waals surface area contributed by atoms with E-state index in [0.29, 0.717) is 17.1 Å². The van der Waals surface area contributed by atoms with Gasteiger partial charge in [0.05, 0.1) is 0 Å². The van der Waals surface area contributed by atoms with E-state index in [0.717, 1.165) is 12.0 Å². The molecule has 5 heteroatoms. The second-order valence-electron chi connectivity index (χ2n) is 5.56. The molecule has 0 saturated heterocycles. The van der Waals surface area contributed by atoms with Crippen LogP contribution in [0.5, 0.6) is 0 Å². The Kier molecular flexibility index (Phi) is 7.25. The first-order valence-corrected chi connectivity index (χ1v) is 8.35. The molecule has 2 atom stereocenters. The Balaban J connectivity index is 1.81. The van der Waals surface area contributed by atoms with Crippen LogP contribution in [-0.2, 0) is 16.1 Å². The van der Waals surface area contributed by atoms with Crippen molar-refractivity contribution in [1.29, 1.82) is 0 Å². The molecule has 2 aromatic rings. The van der Waals surface area contributed by atoms with E-state index in [2.05, 4.69) is 5.32 Å². The van der Waals surface area contributed by atoms with Crippen LogP contribution in [0.2, 0.25) is 5.02 Å². The fourth-order valence-electron chi connectivity index (χ4n) is 2.26. The van der Waals surface area contributed by atoms with Crippen LogP contribution < -0.4 is 5.32 Å². The zero-order valence-electron chi connectivity index (χ0n) is 13.6. The summed E-state index contributed by atoms with van der Waals surface area (Å²) in [4.78, 5) is 12.0. The van der Waals surface area contributed by atoms with Crippen LogP contribution in [0.4, 0.5) is 0 Å². The van der Waals surface area contributed by atoms with Gasteiger partial charge < -0.3 is 15.2 Å². The van der Waals surface area contributed by atoms with E-state index >= 15 is 0 Å². The van der Waals surface area contributed by atoms with Crippen LogP contribution in [0.3, 0.4) is 0 Å². The molecule has 1 unspecified atom stereocenters. The molecule has 0 aliphatic carbocycles. The maximum absolute atomic E-state index is 12.0. The van der Waals surface area contributed by atoms with Gasteiger partial charge in [0.2, 0.25) is 0 Å². The molecule has 24 heavy (non-hydrogen) atoms. The van der Waals surface area contributed by atoms with E-state index < -0.39 is 12.1 Å². The van der Waals surface area contributed by atoms with Crippen molar-refractivity contribution in [3.63, 3.8) is 0 Å². The van der Waals surface area contributed by atoms with Gasteiger partial charge in [-0.3, -0.25) is 0 Å². The molecule has 0 aromatic heterocycles. The van der Waals surface area contributed by atoms with Crippen molar-refractivity contribution in [2.45, 2.75) is 32.0 Å². The van der Waals surface area contributed by atoms with Crippen LogP contribution in [0.15, 0.2) is 54.6 Å². The maximum Gasteiger partial charge on any atom is 0.339 e. The molecule has 0 aliphatic rings. The molecule has 2 N–H and O–H groups in total. The summed E-state index contributed by atoms with van der Waals surface area (Å²) in [6.45, 7) is 2.86. The molecule has 2 aromatic carbocycles. The van der Waals surface area contributed by atoms with Gasteiger partial charge in [-0.2, -0.15) is 0 Å². The van der Waals surface area contributed by atoms with Gasteiger partial charge in [-0.25, -0.2) is 4.79 Å². The van der Waals surface area contributed by atoms with Crippen molar-refractivity contribution < 1.29 is 14.6 Å². The van der Waals surface area contributed by atoms with E-state index in [4.69, 9.17) is 16.3 Å². The Hall–Kier alpha value is -1.88. The number of carbonyl (C=O) groups excluding carboxylic acids is 1. The number of carbonyl (C=O) groups is 1. The molecule has 0 heterocycles. The smallest absolute Gasteiger partial charge is 0.339 e. The van der Waals surface area contributed by atoms with Crippen molar-refractivity contribution in [3.05, 3.63) is 70.7 Å². The summed E-state index contributed by atoms with van der Waals surface area (Å²) in [5, 5.41) is 14.0. The fourth-order valence-corrected chi connectivity index (χ4v) is 2.48. The maximum atomic E-state index is 12.0. The second kappa shape index (κ2) is 9.42. The zero-order chi connectivity index (χ0) is 17.4. The van der Waals surface area contributed by atoms with Gasteiger partial charge >= 0.3 is 5.97 Å². The first-order valence-electron chi connectivity index (χ1n) is 7.97. The number of hydrogen-bond acceptors (Lipinski definition) is 4. The lowest BCUT2D eigenvalue weighted by molar-refractivity contribution is -0.154. The average molecular weight is 348 g/mol. The second-order valence-corrected chi connectivity index (χ2v) is 6.00. The van der Waals surface area contributed by atoms with Gasteiger partial charge in [0.1, 0.15) is 6.61 Å². The predicted molar refractivity (Wildman–Crippen MR) is 94.7 cm³/mol. The lowest BCUT2D eigenvalue weighted by Crippen LogP contribution is -2.34. The van der Waals surface area contributed by atoms with Crippen LogP contribution in [0, 0.1) is 0 Å². The standard InChI is InChI=1S/C19H22ClNO3/c1-2-17(21-12-14-7-6-10-16(20)11-14)13-24-19(23)18(22)15-8-4-3-5-9-15/h3-11,17-18,21-22H,2,12-13H2,1H3/t17-,18?/m1/s1. The average Bonchev–Trinajstić information content (AvgIpc) is 2.61. The predicted octanol–water partition coefficient (Wildman–Crippen LogP) is 3.49. The minimum absolute atomic E-state index is 0.0101. The van der Waals surface area contributed by atoms with Crippen molar-refractivity contribution in [2.75, 3.05) is 6.61 Å². The Labute approximate surface area is 147 Å². The van der Waals surface area contributed by atoms with Gasteiger partial charge in [0.15, 0.2) is 6.10 Å². The highest BCUT2D eigenvalue weighted by molar-refractivity contribution is 6.30. The molecular weight excluding hydrogens is 326 g/mol. The van der Waals surface area contributed by atoms with Crippen LogP contribution in [0.25, 0.3) is 0 Å². The number of benzene rings is 2. The number of nitrogens with one attached hydrogen (secondary N) is 1. The fraction of sp³-hybridized carbons (Fsp3) is 0.316. The van der Waals surface area contributed by atoms with Gasteiger partial charge in [0, 0.05) is 17.6 Å². The Morgan fingerprint density at radius 3 is 2.62 bits per heavy atom. The summed E-state index contributed by atoms with van der Waals surface area (Å²) in [5.74, 6) is -0.635. The van der Waals surface area contributed by atoms with Gasteiger partial charge in [-0.15, -0.1) is 0 Å². The zero-order valence-corrected chi connectivity index (χ0v) is 14.4. The van der Waals surface area contributed by atoms with Crippen LogP contribution in [0.1, 0.15) is 30.6 Å². The molecule has 4 nitrogen and oxygen atoms in total. The Morgan fingerprint density at radius 2 is 1.96 bits per heavy atom. The van der Waals surface area contributed by atoms with E-state index in [9.17, 15) is 9.90 Å². The number of halogens is 1. The molecule has 0 aliphatic heterocycles. The third-order valence-corrected chi connectivity index (χ3v) is 3.98. The minimum Gasteiger partial charge on any atom is -0.462 e. The molecule has 0 spiro atoms. The number of esters is 1. The first-order chi connectivity index (χ1) is 11.6. The quantitative estimate of drug-likeness (QED) is 0.718. The highest BCUT2D eigenvalue weighted by atomic mass is 35.5. The number of aliphatic hydroxyl groups excluding tert-OH is 1. The van der Waals surface area contributed by atoms with Gasteiger partial charge in [-0.1, -0.05) is 61.0 Å². The summed E-state index contributed by atoms with van der Waals surface area (Å²) in [6, 6.07) is 16.4. The minimum atomic E-state index is -1.25. The van der Waals surface area contributed by atoms with Crippen molar-refractivity contribution in [3.8, 4) is 0 Å². The SMILES string of the molecule is CC[C@H](COC(=O)C(O)c1ccccc1)NCc1cccc(Cl)c1. The summed E-state index contributed by atoms with van der Waals surface area (Å²) >= 11 is 5.96. The molecule has 0 radical (unpaired) electrons. The third-order valence-electron chi connectivity index (χ3n) is 3.74. The molecule has 128 valence electrons. The Bertz CT molecular complexity index is 648. The summed E-state index contributed by atoms with van der Waals surface area (Å²) in [7, 11) is 0. The number of hydrogen-bond donors (Lipinski definition) is 2. The molecule has 2 rings (SSSR count). The van der Waals surface area contributed by atoms with Crippen LogP contribution in [-0.4, -0.2) is 23.7 Å². The molecule has 0 fully saturated rings.